The predicted octanol–water partition coefficient (Wildman–Crippen LogP) is 4.81. The van der Waals surface area contributed by atoms with Crippen molar-refractivity contribution in [2.45, 2.75) is 18.9 Å². The van der Waals surface area contributed by atoms with Crippen LogP contribution in [0.1, 0.15) is 30.0 Å². The highest BCUT2D eigenvalue weighted by molar-refractivity contribution is 7.17. The molecule has 0 saturated carbocycles. The molecule has 0 bridgehead atoms. The molecule has 0 amide bonds. The van der Waals surface area contributed by atoms with Gasteiger partial charge >= 0.3 is 5.97 Å². The Morgan fingerprint density at radius 2 is 1.77 bits per heavy atom. The molecule has 2 unspecified atom stereocenters. The second kappa shape index (κ2) is 9.16. The number of nitrogens with zero attached hydrogens (tertiary/aromatic N) is 1. The van der Waals surface area contributed by atoms with Crippen LogP contribution in [-0.4, -0.2) is 50.4 Å². The summed E-state index contributed by atoms with van der Waals surface area (Å²) in [6.45, 7) is 1.30. The van der Waals surface area contributed by atoms with E-state index in [9.17, 15) is 9.90 Å². The van der Waals surface area contributed by atoms with Gasteiger partial charge in [0.15, 0.2) is 11.5 Å². The van der Waals surface area contributed by atoms with Gasteiger partial charge in [-0.05, 0) is 47.8 Å². The molecule has 7 heteroatoms. The van der Waals surface area contributed by atoms with Crippen molar-refractivity contribution in [3.05, 3.63) is 52.9 Å². The number of carboxylic acid groups (broad SMARTS) is 1. The van der Waals surface area contributed by atoms with E-state index in [1.165, 1.54) is 10.1 Å². The first-order valence-corrected chi connectivity index (χ1v) is 11.2. The summed E-state index contributed by atoms with van der Waals surface area (Å²) in [7, 11) is 4.86. The quantitative estimate of drug-likeness (QED) is 0.567. The first-order chi connectivity index (χ1) is 15.1. The number of rotatable bonds is 7. The second-order valence-electron chi connectivity index (χ2n) is 7.71. The molecule has 1 aromatic heterocycles. The lowest BCUT2D eigenvalue weighted by Crippen LogP contribution is -2.41. The Morgan fingerprint density at radius 3 is 2.48 bits per heavy atom. The number of hydrogen-bond acceptors (Lipinski definition) is 6. The molecule has 3 aromatic rings. The lowest BCUT2D eigenvalue weighted by Gasteiger charge is -2.38. The highest BCUT2D eigenvalue weighted by Crippen LogP contribution is 2.45. The molecule has 0 aliphatic carbocycles. The third-order valence-electron chi connectivity index (χ3n) is 6.00. The van der Waals surface area contributed by atoms with E-state index >= 15 is 0 Å². The minimum atomic E-state index is -0.738. The summed E-state index contributed by atoms with van der Waals surface area (Å²) in [6.07, 6.45) is 1.54. The Bertz CT molecular complexity index is 1080. The number of aliphatic carboxylic acids is 1. The van der Waals surface area contributed by atoms with E-state index in [1.54, 1.807) is 32.7 Å². The number of methoxy groups -OCH3 is 3. The number of carbonyl (C=O) groups is 1. The van der Waals surface area contributed by atoms with E-state index < -0.39 is 5.97 Å². The fourth-order valence-corrected chi connectivity index (χ4v) is 5.46. The van der Waals surface area contributed by atoms with Gasteiger partial charge < -0.3 is 19.3 Å². The SMILES string of the molecule is COc1cc(OC)c(C(c2csc3ccccc23)N2CCCC(C(=O)O)C2)cc1OC. The van der Waals surface area contributed by atoms with Gasteiger partial charge in [0.2, 0.25) is 0 Å². The number of likely N-dealkylation sites (tertiary alicyclic amines) is 1. The predicted molar refractivity (Wildman–Crippen MR) is 122 cm³/mol. The topological polar surface area (TPSA) is 68.2 Å². The van der Waals surface area contributed by atoms with Gasteiger partial charge in [0.05, 0.1) is 33.3 Å². The summed E-state index contributed by atoms with van der Waals surface area (Å²) < 4.78 is 18.0. The molecule has 1 N–H and O–H groups in total. The van der Waals surface area contributed by atoms with Crippen LogP contribution >= 0.6 is 11.3 Å². The molecular formula is C24H27NO5S. The number of hydrogen-bond donors (Lipinski definition) is 1. The summed E-state index contributed by atoms with van der Waals surface area (Å²) >= 11 is 1.70. The summed E-state index contributed by atoms with van der Waals surface area (Å²) in [5.41, 5.74) is 2.09. The van der Waals surface area contributed by atoms with E-state index in [0.717, 1.165) is 24.1 Å². The van der Waals surface area contributed by atoms with Gasteiger partial charge in [0.25, 0.3) is 0 Å². The average Bonchev–Trinajstić information content (AvgIpc) is 3.23. The highest BCUT2D eigenvalue weighted by atomic mass is 32.1. The summed E-state index contributed by atoms with van der Waals surface area (Å²) in [6, 6.07) is 12.0. The van der Waals surface area contributed by atoms with Crippen molar-refractivity contribution in [3.63, 3.8) is 0 Å². The first-order valence-electron chi connectivity index (χ1n) is 10.3. The Kier molecular flexibility index (Phi) is 6.34. The van der Waals surface area contributed by atoms with Gasteiger partial charge in [0, 0.05) is 22.9 Å². The average molecular weight is 442 g/mol. The van der Waals surface area contributed by atoms with Crippen molar-refractivity contribution in [3.8, 4) is 17.2 Å². The fraction of sp³-hybridized carbons (Fsp3) is 0.375. The summed E-state index contributed by atoms with van der Waals surface area (Å²) in [5, 5.41) is 13.0. The van der Waals surface area contributed by atoms with Gasteiger partial charge in [-0.2, -0.15) is 0 Å². The Balaban J connectivity index is 1.90. The molecule has 0 spiro atoms. The van der Waals surface area contributed by atoms with Crippen molar-refractivity contribution in [2.24, 2.45) is 5.92 Å². The summed E-state index contributed by atoms with van der Waals surface area (Å²) in [4.78, 5) is 14.0. The lowest BCUT2D eigenvalue weighted by atomic mass is 9.90. The molecular weight excluding hydrogens is 414 g/mol. The maximum Gasteiger partial charge on any atom is 0.307 e. The largest absolute Gasteiger partial charge is 0.496 e. The van der Waals surface area contributed by atoms with Gasteiger partial charge in [-0.25, -0.2) is 0 Å². The Morgan fingerprint density at radius 1 is 1.06 bits per heavy atom. The van der Waals surface area contributed by atoms with Crippen molar-refractivity contribution in [1.29, 1.82) is 0 Å². The normalized spacial score (nSPS) is 18.0. The standard InChI is InChI=1S/C24H27NO5S/c1-28-19-12-21(30-3)20(29-2)11-17(19)23(25-10-6-7-15(13-25)24(26)27)18-14-31-22-9-5-4-8-16(18)22/h4-5,8-9,11-12,14-15,23H,6-7,10,13H2,1-3H3,(H,26,27). The van der Waals surface area contributed by atoms with E-state index in [4.69, 9.17) is 14.2 Å². The maximum absolute atomic E-state index is 11.8. The van der Waals surface area contributed by atoms with Crippen molar-refractivity contribution < 1.29 is 24.1 Å². The number of thiophene rings is 1. The molecule has 2 aromatic carbocycles. The van der Waals surface area contributed by atoms with Crippen LogP contribution < -0.4 is 14.2 Å². The molecule has 1 fully saturated rings. The molecule has 1 saturated heterocycles. The van der Waals surface area contributed by atoms with Crippen LogP contribution in [0, 0.1) is 5.92 Å². The van der Waals surface area contributed by atoms with Crippen molar-refractivity contribution in [2.75, 3.05) is 34.4 Å². The molecule has 6 nitrogen and oxygen atoms in total. The molecule has 2 heterocycles. The molecule has 1 aliphatic rings. The fourth-order valence-electron chi connectivity index (χ4n) is 4.48. The van der Waals surface area contributed by atoms with E-state index in [1.807, 2.05) is 24.3 Å². The zero-order valence-electron chi connectivity index (χ0n) is 18.0. The molecule has 0 radical (unpaired) electrons. The van der Waals surface area contributed by atoms with Crippen LogP contribution in [0.3, 0.4) is 0 Å². The maximum atomic E-state index is 11.8. The minimum absolute atomic E-state index is 0.159. The van der Waals surface area contributed by atoms with Crippen LogP contribution in [0.5, 0.6) is 17.2 Å². The monoisotopic (exact) mass is 441 g/mol. The molecule has 4 rings (SSSR count). The van der Waals surface area contributed by atoms with Crippen LogP contribution in [0.15, 0.2) is 41.8 Å². The van der Waals surface area contributed by atoms with Crippen molar-refractivity contribution in [1.82, 2.24) is 4.90 Å². The number of piperidine rings is 1. The van der Waals surface area contributed by atoms with Gasteiger partial charge in [0.1, 0.15) is 5.75 Å². The first kappa shape index (κ1) is 21.5. The second-order valence-corrected chi connectivity index (χ2v) is 8.62. The van der Waals surface area contributed by atoms with E-state index in [0.29, 0.717) is 30.2 Å². The molecule has 2 atom stereocenters. The zero-order chi connectivity index (χ0) is 22.0. The number of carboxylic acids is 1. The van der Waals surface area contributed by atoms with Crippen LogP contribution in [0.4, 0.5) is 0 Å². The Labute approximate surface area is 186 Å². The van der Waals surface area contributed by atoms with Gasteiger partial charge in [-0.3, -0.25) is 9.69 Å². The smallest absolute Gasteiger partial charge is 0.307 e. The molecule has 1 aliphatic heterocycles. The Hall–Kier alpha value is -2.77. The number of ether oxygens (including phenoxy) is 3. The van der Waals surface area contributed by atoms with Crippen LogP contribution in [0.2, 0.25) is 0 Å². The van der Waals surface area contributed by atoms with Gasteiger partial charge in [-0.15, -0.1) is 11.3 Å². The third-order valence-corrected chi connectivity index (χ3v) is 6.98. The number of fused-ring (bicyclic) bond motifs is 1. The highest BCUT2D eigenvalue weighted by Gasteiger charge is 2.34. The van der Waals surface area contributed by atoms with Crippen molar-refractivity contribution >= 4 is 27.4 Å². The summed E-state index contributed by atoms with van der Waals surface area (Å²) in [5.74, 6) is 0.786. The van der Waals surface area contributed by atoms with E-state index in [-0.39, 0.29) is 12.0 Å². The number of benzene rings is 2. The van der Waals surface area contributed by atoms with E-state index in [2.05, 4.69) is 22.4 Å². The van der Waals surface area contributed by atoms with Gasteiger partial charge in [-0.1, -0.05) is 18.2 Å². The zero-order valence-corrected chi connectivity index (χ0v) is 18.8. The molecule has 164 valence electrons. The lowest BCUT2D eigenvalue weighted by molar-refractivity contribution is -0.143. The molecule has 31 heavy (non-hydrogen) atoms. The third kappa shape index (κ3) is 4.07. The minimum Gasteiger partial charge on any atom is -0.496 e. The van der Waals surface area contributed by atoms with Crippen LogP contribution in [-0.2, 0) is 4.79 Å². The van der Waals surface area contributed by atoms with Crippen LogP contribution in [0.25, 0.3) is 10.1 Å².